The minimum Gasteiger partial charge on any atom is -0.457 e. The van der Waals surface area contributed by atoms with Crippen molar-refractivity contribution in [3.8, 4) is 11.5 Å². The highest BCUT2D eigenvalue weighted by atomic mass is 79.9. The number of benzene rings is 3. The smallest absolute Gasteiger partial charge is 0.129 e. The largest absolute Gasteiger partial charge is 0.457 e. The number of fused-ring (bicyclic) bond motifs is 2. The van der Waals surface area contributed by atoms with Crippen molar-refractivity contribution in [3.63, 3.8) is 0 Å². The van der Waals surface area contributed by atoms with Crippen LogP contribution in [0.3, 0.4) is 0 Å². The normalized spacial score (nSPS) is 23.4. The molecule has 0 aliphatic heterocycles. The molecule has 0 N–H and O–H groups in total. The van der Waals surface area contributed by atoms with Gasteiger partial charge in [0.15, 0.2) is 0 Å². The van der Waals surface area contributed by atoms with Crippen LogP contribution in [0.15, 0.2) is 65.1 Å². The van der Waals surface area contributed by atoms with Crippen LogP contribution in [-0.2, 0) is 15.9 Å². The lowest BCUT2D eigenvalue weighted by atomic mass is 9.40. The zero-order chi connectivity index (χ0) is 31.8. The number of ether oxygens (including phenoxy) is 1. The summed E-state index contributed by atoms with van der Waals surface area (Å²) in [5.41, 5.74) is 6.90. The Kier molecular flexibility index (Phi) is 8.11. The van der Waals surface area contributed by atoms with Gasteiger partial charge in [0.1, 0.15) is 11.5 Å². The van der Waals surface area contributed by atoms with Crippen LogP contribution in [0.4, 0.5) is 11.4 Å². The maximum absolute atomic E-state index is 6.75. The van der Waals surface area contributed by atoms with Crippen molar-refractivity contribution in [3.05, 3.63) is 81.8 Å². The first-order chi connectivity index (χ1) is 19.7. The maximum atomic E-state index is 6.75. The topological polar surface area (TPSA) is 12.5 Å². The summed E-state index contributed by atoms with van der Waals surface area (Å²) in [5.74, 6) is 2.52. The Labute approximate surface area is 273 Å². The highest BCUT2D eigenvalue weighted by molar-refractivity contribution is 9.10. The molecule has 226 valence electrons. The van der Waals surface area contributed by atoms with E-state index in [2.05, 4.69) is 167 Å². The van der Waals surface area contributed by atoms with Crippen LogP contribution >= 0.6 is 15.9 Å². The van der Waals surface area contributed by atoms with E-state index < -0.39 is 0 Å². The van der Waals surface area contributed by atoms with Gasteiger partial charge in [-0.1, -0.05) is 91.2 Å². The molecule has 2 nitrogen and oxygen atoms in total. The molecule has 0 spiro atoms. The summed E-state index contributed by atoms with van der Waals surface area (Å²) in [6, 6.07) is 22.9. The fourth-order valence-corrected chi connectivity index (χ4v) is 8.33. The highest BCUT2D eigenvalue weighted by Gasteiger charge is 2.61. The van der Waals surface area contributed by atoms with Gasteiger partial charge in [-0.3, -0.25) is 0 Å². The molecular formula is C37H51B3BrNO. The summed E-state index contributed by atoms with van der Waals surface area (Å²) in [7, 11) is 6.91. The molecule has 2 aliphatic carbocycles. The van der Waals surface area contributed by atoms with Crippen molar-refractivity contribution in [1.82, 2.24) is 0 Å². The Balaban J connectivity index is 1.73. The first-order valence-corrected chi connectivity index (χ1v) is 17.0. The van der Waals surface area contributed by atoms with Gasteiger partial charge in [-0.2, -0.15) is 0 Å². The average molecular weight is 638 g/mol. The SMILES string of the molecule is BC(B)(B)c1cc(Oc2cccc(C(C)(C)C)c2)cc(N(c2cc(C(C)(C)C)ccc2Br)C2C3(C)CCC(C3)C2(C)C)c1. The first kappa shape index (κ1) is 32.3. The maximum Gasteiger partial charge on any atom is 0.129 e. The molecule has 3 aromatic rings. The van der Waals surface area contributed by atoms with Crippen LogP contribution in [0.1, 0.15) is 98.3 Å². The molecule has 0 radical (unpaired) electrons. The van der Waals surface area contributed by atoms with Crippen LogP contribution in [0, 0.1) is 16.7 Å². The van der Waals surface area contributed by atoms with Crippen molar-refractivity contribution < 1.29 is 4.74 Å². The number of rotatable bonds is 6. The third-order valence-electron chi connectivity index (χ3n) is 10.5. The van der Waals surface area contributed by atoms with Gasteiger partial charge in [0.2, 0.25) is 0 Å². The van der Waals surface area contributed by atoms with E-state index in [-0.39, 0.29) is 26.8 Å². The van der Waals surface area contributed by atoms with Crippen LogP contribution < -0.4 is 9.64 Å². The summed E-state index contributed by atoms with van der Waals surface area (Å²) in [4.78, 5) is 2.70. The van der Waals surface area contributed by atoms with Crippen molar-refractivity contribution in [2.24, 2.45) is 16.7 Å². The second-order valence-electron chi connectivity index (χ2n) is 17.4. The molecule has 3 aromatic carbocycles. The summed E-state index contributed by atoms with van der Waals surface area (Å²) in [6.07, 6.45) is 3.90. The third kappa shape index (κ3) is 6.24. The number of anilines is 2. The van der Waals surface area contributed by atoms with Crippen LogP contribution in [-0.4, -0.2) is 29.6 Å². The summed E-state index contributed by atoms with van der Waals surface area (Å²) < 4.78 is 7.89. The van der Waals surface area contributed by atoms with E-state index in [1.54, 1.807) is 0 Å². The highest BCUT2D eigenvalue weighted by Crippen LogP contribution is 2.66. The van der Waals surface area contributed by atoms with Gasteiger partial charge in [0.05, 0.1) is 29.2 Å². The van der Waals surface area contributed by atoms with Crippen molar-refractivity contribution >= 4 is 50.8 Å². The number of hydrogen-bond acceptors (Lipinski definition) is 2. The van der Waals surface area contributed by atoms with Crippen LogP contribution in [0.25, 0.3) is 0 Å². The lowest BCUT2D eigenvalue weighted by Crippen LogP contribution is -2.51. The van der Waals surface area contributed by atoms with Crippen LogP contribution in [0.5, 0.6) is 11.5 Å². The molecule has 0 aromatic heterocycles. The predicted molar refractivity (Wildman–Crippen MR) is 197 cm³/mol. The Bertz CT molecular complexity index is 1510. The molecule has 0 saturated heterocycles. The molecular weight excluding hydrogens is 587 g/mol. The van der Waals surface area contributed by atoms with Gasteiger partial charge in [-0.05, 0) is 110 Å². The standard InChI is InChI=1S/C37H51B3BrNO/c1-33(2,3)23-11-10-12-28(18-23)43-29-19-26(37(38,39)40)17-27(21-29)42(31-20-24(34(4,5)6)13-14-30(31)41)32-35(7,8)25-15-16-36(32,9)22-25/h10-14,17-21,25,32H,15-16,22,38-40H2,1-9H3. The quantitative estimate of drug-likeness (QED) is 0.253. The summed E-state index contributed by atoms with van der Waals surface area (Å²) in [5, 5.41) is -0.0361. The molecule has 6 heteroatoms. The van der Waals surface area contributed by atoms with Gasteiger partial charge in [-0.25, -0.2) is 0 Å². The zero-order valence-corrected chi connectivity index (χ0v) is 30.4. The lowest BCUT2D eigenvalue weighted by Gasteiger charge is -2.50. The molecule has 3 unspecified atom stereocenters. The Morgan fingerprint density at radius 3 is 2.00 bits per heavy atom. The fourth-order valence-electron chi connectivity index (χ4n) is 7.89. The molecule has 2 bridgehead atoms. The summed E-state index contributed by atoms with van der Waals surface area (Å²) >= 11 is 4.03. The van der Waals surface area contributed by atoms with E-state index in [9.17, 15) is 0 Å². The van der Waals surface area contributed by atoms with E-state index >= 15 is 0 Å². The van der Waals surface area contributed by atoms with E-state index in [4.69, 9.17) is 4.74 Å². The molecule has 2 aliphatic rings. The second-order valence-corrected chi connectivity index (χ2v) is 18.3. The molecule has 0 heterocycles. The fraction of sp³-hybridized carbons (Fsp3) is 0.514. The third-order valence-corrected chi connectivity index (χ3v) is 11.2. The Hall–Kier alpha value is -2.07. The molecule has 2 saturated carbocycles. The van der Waals surface area contributed by atoms with Crippen molar-refractivity contribution in [2.75, 3.05) is 4.90 Å². The zero-order valence-electron chi connectivity index (χ0n) is 28.8. The first-order valence-electron chi connectivity index (χ1n) is 16.2. The number of halogens is 1. The van der Waals surface area contributed by atoms with Crippen LogP contribution in [0.2, 0.25) is 0 Å². The number of hydrogen-bond donors (Lipinski definition) is 0. The van der Waals surface area contributed by atoms with Gasteiger partial charge in [-0.15, -0.1) is 0 Å². The molecule has 3 atom stereocenters. The minimum absolute atomic E-state index is 0.0361. The summed E-state index contributed by atoms with van der Waals surface area (Å²) in [6.45, 7) is 21.3. The monoisotopic (exact) mass is 637 g/mol. The van der Waals surface area contributed by atoms with E-state index in [0.29, 0.717) is 6.04 Å². The Morgan fingerprint density at radius 1 is 0.791 bits per heavy atom. The molecule has 0 amide bonds. The average Bonchev–Trinajstić information content (AvgIpc) is 3.36. The van der Waals surface area contributed by atoms with Crippen molar-refractivity contribution in [2.45, 2.75) is 104 Å². The van der Waals surface area contributed by atoms with Gasteiger partial charge < -0.3 is 9.64 Å². The predicted octanol–water partition coefficient (Wildman–Crippen LogP) is 8.20. The molecule has 2 fully saturated rings. The number of nitrogens with zero attached hydrogens (tertiary/aromatic N) is 1. The van der Waals surface area contributed by atoms with Crippen molar-refractivity contribution in [1.29, 1.82) is 0 Å². The van der Waals surface area contributed by atoms with E-state index in [0.717, 1.165) is 21.9 Å². The van der Waals surface area contributed by atoms with Gasteiger partial charge >= 0.3 is 0 Å². The lowest BCUT2D eigenvalue weighted by molar-refractivity contribution is 0.140. The van der Waals surface area contributed by atoms with Gasteiger partial charge in [0.25, 0.3) is 0 Å². The minimum atomic E-state index is -0.0361. The molecule has 43 heavy (non-hydrogen) atoms. The Morgan fingerprint density at radius 2 is 1.42 bits per heavy atom. The van der Waals surface area contributed by atoms with E-state index in [1.165, 1.54) is 47.3 Å². The second kappa shape index (κ2) is 10.8. The van der Waals surface area contributed by atoms with E-state index in [1.807, 2.05) is 0 Å². The molecule has 5 rings (SSSR count). The van der Waals surface area contributed by atoms with Gasteiger partial charge in [0, 0.05) is 22.3 Å².